The van der Waals surface area contributed by atoms with Crippen LogP contribution in [0.3, 0.4) is 0 Å². The second kappa shape index (κ2) is 5.50. The summed E-state index contributed by atoms with van der Waals surface area (Å²) >= 11 is 0. The van der Waals surface area contributed by atoms with Gasteiger partial charge in [0.15, 0.2) is 5.84 Å². The Labute approximate surface area is 135 Å². The van der Waals surface area contributed by atoms with E-state index in [-0.39, 0.29) is 0 Å². The number of aryl methyl sites for hydroxylation is 2. The number of rotatable bonds is 3. The highest BCUT2D eigenvalue weighted by Gasteiger charge is 2.17. The zero-order chi connectivity index (χ0) is 15.8. The first-order valence-corrected chi connectivity index (χ1v) is 7.99. The van der Waals surface area contributed by atoms with Crippen molar-refractivity contribution >= 4 is 22.4 Å². The second-order valence-electron chi connectivity index (χ2n) is 5.84. The van der Waals surface area contributed by atoms with E-state index in [1.807, 2.05) is 12.3 Å². The Bertz CT molecular complexity index is 907. The molecule has 1 aliphatic rings. The van der Waals surface area contributed by atoms with E-state index in [1.54, 1.807) is 0 Å². The normalized spacial score (nSPS) is 13.2. The van der Waals surface area contributed by atoms with Crippen molar-refractivity contribution < 1.29 is 0 Å². The summed E-state index contributed by atoms with van der Waals surface area (Å²) in [5.41, 5.74) is 5.38. The summed E-state index contributed by atoms with van der Waals surface area (Å²) in [5, 5.41) is 9.23. The van der Waals surface area contributed by atoms with E-state index in [0.29, 0.717) is 6.54 Å². The summed E-state index contributed by atoms with van der Waals surface area (Å²) in [6.45, 7) is 5.87. The zero-order valence-corrected chi connectivity index (χ0v) is 13.4. The van der Waals surface area contributed by atoms with Crippen molar-refractivity contribution in [3.8, 4) is 0 Å². The van der Waals surface area contributed by atoms with Crippen molar-refractivity contribution in [1.29, 1.82) is 0 Å². The van der Waals surface area contributed by atoms with E-state index in [4.69, 9.17) is 0 Å². The van der Waals surface area contributed by atoms with Crippen LogP contribution >= 0.6 is 0 Å². The highest BCUT2D eigenvalue weighted by molar-refractivity contribution is 6.09. The third-order valence-corrected chi connectivity index (χ3v) is 4.16. The summed E-state index contributed by atoms with van der Waals surface area (Å²) in [6.07, 6.45) is 2.89. The predicted octanol–water partition coefficient (Wildman–Crippen LogP) is 3.52. The molecule has 0 radical (unpaired) electrons. The first kappa shape index (κ1) is 13.9. The molecule has 0 fully saturated rings. The summed E-state index contributed by atoms with van der Waals surface area (Å²) in [6, 6.07) is 10.4. The van der Waals surface area contributed by atoms with Crippen LogP contribution in [0.25, 0.3) is 10.9 Å². The smallest absolute Gasteiger partial charge is 0.152 e. The molecule has 3 heterocycles. The van der Waals surface area contributed by atoms with Crippen LogP contribution in [0.5, 0.6) is 0 Å². The monoisotopic (exact) mass is 305 g/mol. The Morgan fingerprint density at radius 2 is 2.17 bits per heavy atom. The summed E-state index contributed by atoms with van der Waals surface area (Å²) < 4.78 is 2.08. The number of nitrogens with zero attached hydrogens (tertiary/aromatic N) is 4. The number of aliphatic imine (C=N–C) groups is 1. The predicted molar refractivity (Wildman–Crippen MR) is 92.9 cm³/mol. The summed E-state index contributed by atoms with van der Waals surface area (Å²) in [5.74, 6) is 0.846. The minimum atomic E-state index is 0.696. The third kappa shape index (κ3) is 2.38. The number of fused-ring (bicyclic) bond motifs is 2. The van der Waals surface area contributed by atoms with Gasteiger partial charge in [-0.05, 0) is 37.6 Å². The molecule has 1 aliphatic heterocycles. The molecule has 5 heteroatoms. The summed E-state index contributed by atoms with van der Waals surface area (Å²) in [7, 11) is 0. The molecule has 1 N–H and O–H groups in total. The molecule has 116 valence electrons. The molecule has 0 unspecified atom stereocenters. The van der Waals surface area contributed by atoms with E-state index >= 15 is 0 Å². The SMILES string of the molecule is CCCn1nc(C)c2cc(NC3=NCc4cccnc43)ccc21. The van der Waals surface area contributed by atoms with E-state index in [2.05, 4.69) is 63.2 Å². The highest BCUT2D eigenvalue weighted by atomic mass is 15.3. The Hall–Kier alpha value is -2.69. The lowest BCUT2D eigenvalue weighted by Crippen LogP contribution is -2.13. The Balaban J connectivity index is 1.67. The molecule has 0 saturated heterocycles. The molecule has 2 aromatic heterocycles. The lowest BCUT2D eigenvalue weighted by Gasteiger charge is -2.07. The van der Waals surface area contributed by atoms with Crippen molar-refractivity contribution in [1.82, 2.24) is 14.8 Å². The molecule has 0 aliphatic carbocycles. The van der Waals surface area contributed by atoms with Crippen LogP contribution in [0.2, 0.25) is 0 Å². The average Bonchev–Trinajstić information content (AvgIpc) is 3.10. The van der Waals surface area contributed by atoms with Gasteiger partial charge in [-0.1, -0.05) is 13.0 Å². The number of amidine groups is 1. The number of nitrogens with one attached hydrogen (secondary N) is 1. The number of pyridine rings is 1. The molecule has 0 saturated carbocycles. The molecule has 5 nitrogen and oxygen atoms in total. The van der Waals surface area contributed by atoms with Gasteiger partial charge in [0, 0.05) is 29.4 Å². The van der Waals surface area contributed by atoms with Gasteiger partial charge in [0.2, 0.25) is 0 Å². The van der Waals surface area contributed by atoms with Gasteiger partial charge in [-0.2, -0.15) is 5.10 Å². The van der Waals surface area contributed by atoms with Crippen LogP contribution in [0.1, 0.15) is 30.3 Å². The topological polar surface area (TPSA) is 55.1 Å². The molecule has 0 spiro atoms. The number of hydrogen-bond acceptors (Lipinski definition) is 4. The summed E-state index contributed by atoms with van der Waals surface area (Å²) in [4.78, 5) is 8.99. The van der Waals surface area contributed by atoms with E-state index in [0.717, 1.165) is 35.9 Å². The van der Waals surface area contributed by atoms with Gasteiger partial charge >= 0.3 is 0 Å². The zero-order valence-electron chi connectivity index (χ0n) is 13.4. The molecule has 4 rings (SSSR count). The fourth-order valence-electron chi connectivity index (χ4n) is 3.05. The average molecular weight is 305 g/mol. The first-order valence-electron chi connectivity index (χ1n) is 7.99. The second-order valence-corrected chi connectivity index (χ2v) is 5.84. The van der Waals surface area contributed by atoms with Crippen LogP contribution in [-0.4, -0.2) is 20.6 Å². The lowest BCUT2D eigenvalue weighted by molar-refractivity contribution is 0.617. The van der Waals surface area contributed by atoms with Gasteiger partial charge in [-0.3, -0.25) is 14.7 Å². The number of benzene rings is 1. The standard InChI is InChI=1S/C18H19N5/c1-3-9-23-16-7-6-14(10-15(16)12(2)22-23)21-18-17-13(11-20-18)5-4-8-19-17/h4-8,10H,3,9,11H2,1-2H3,(H,20,21). The number of aromatic nitrogens is 3. The van der Waals surface area contributed by atoms with Crippen molar-refractivity contribution in [3.63, 3.8) is 0 Å². The van der Waals surface area contributed by atoms with Crippen LogP contribution in [0, 0.1) is 6.92 Å². The minimum Gasteiger partial charge on any atom is -0.339 e. The minimum absolute atomic E-state index is 0.696. The number of anilines is 1. The maximum absolute atomic E-state index is 4.63. The van der Waals surface area contributed by atoms with Crippen molar-refractivity contribution in [2.45, 2.75) is 33.4 Å². The highest BCUT2D eigenvalue weighted by Crippen LogP contribution is 2.24. The van der Waals surface area contributed by atoms with E-state index in [1.165, 1.54) is 16.5 Å². The lowest BCUT2D eigenvalue weighted by atomic mass is 10.2. The molecule has 3 aromatic rings. The number of hydrogen-bond donors (Lipinski definition) is 1. The van der Waals surface area contributed by atoms with E-state index in [9.17, 15) is 0 Å². The molecule has 0 atom stereocenters. The fourth-order valence-corrected chi connectivity index (χ4v) is 3.05. The molecule has 0 amide bonds. The van der Waals surface area contributed by atoms with Gasteiger partial charge in [-0.25, -0.2) is 0 Å². The largest absolute Gasteiger partial charge is 0.339 e. The van der Waals surface area contributed by atoms with Crippen LogP contribution in [0.4, 0.5) is 5.69 Å². The van der Waals surface area contributed by atoms with Crippen LogP contribution in [0.15, 0.2) is 41.5 Å². The molecular formula is C18H19N5. The fraction of sp³-hybridized carbons (Fsp3) is 0.278. The van der Waals surface area contributed by atoms with Crippen molar-refractivity contribution in [2.24, 2.45) is 4.99 Å². The van der Waals surface area contributed by atoms with Crippen molar-refractivity contribution in [2.75, 3.05) is 5.32 Å². The van der Waals surface area contributed by atoms with Gasteiger partial charge in [0.05, 0.1) is 17.8 Å². The Morgan fingerprint density at radius 3 is 3.04 bits per heavy atom. The third-order valence-electron chi connectivity index (χ3n) is 4.16. The quantitative estimate of drug-likeness (QED) is 0.805. The van der Waals surface area contributed by atoms with Gasteiger partial charge in [0.1, 0.15) is 5.69 Å². The Morgan fingerprint density at radius 1 is 1.26 bits per heavy atom. The molecule has 23 heavy (non-hydrogen) atoms. The maximum atomic E-state index is 4.63. The molecule has 1 aromatic carbocycles. The van der Waals surface area contributed by atoms with Crippen molar-refractivity contribution in [3.05, 3.63) is 53.5 Å². The first-order chi connectivity index (χ1) is 11.3. The van der Waals surface area contributed by atoms with Crippen LogP contribution in [-0.2, 0) is 13.1 Å². The molecular weight excluding hydrogens is 286 g/mol. The van der Waals surface area contributed by atoms with Crippen LogP contribution < -0.4 is 5.32 Å². The van der Waals surface area contributed by atoms with Gasteiger partial charge in [0.25, 0.3) is 0 Å². The van der Waals surface area contributed by atoms with Gasteiger partial charge in [-0.15, -0.1) is 0 Å². The maximum Gasteiger partial charge on any atom is 0.152 e. The molecule has 0 bridgehead atoms. The van der Waals surface area contributed by atoms with Gasteiger partial charge < -0.3 is 5.32 Å². The van der Waals surface area contributed by atoms with E-state index < -0.39 is 0 Å². The Kier molecular flexibility index (Phi) is 3.33.